The van der Waals surface area contributed by atoms with Crippen molar-refractivity contribution in [1.29, 1.82) is 0 Å². The Morgan fingerprint density at radius 3 is 2.41 bits per heavy atom. The molecule has 2 heterocycles. The lowest BCUT2D eigenvalue weighted by Crippen LogP contribution is -2.49. The first kappa shape index (κ1) is 21.2. The van der Waals surface area contributed by atoms with Gasteiger partial charge in [-0.2, -0.15) is 0 Å². The molecular formula is C23H24N4O5. The van der Waals surface area contributed by atoms with Gasteiger partial charge in [0.25, 0.3) is 5.56 Å². The molecule has 1 aromatic heterocycles. The van der Waals surface area contributed by atoms with E-state index in [1.165, 1.54) is 18.7 Å². The van der Waals surface area contributed by atoms with Crippen LogP contribution in [-0.2, 0) is 20.7 Å². The SMILES string of the molecule is CCOc1cc(C2NC(=O)Nc3c2c(=O)n(C)c(=O)n3C)ccc1OCc1ccccc1. The Labute approximate surface area is 184 Å². The van der Waals surface area contributed by atoms with Crippen LogP contribution in [0.4, 0.5) is 10.6 Å². The van der Waals surface area contributed by atoms with E-state index in [0.29, 0.717) is 30.3 Å². The van der Waals surface area contributed by atoms with Crippen LogP contribution in [0, 0.1) is 0 Å². The van der Waals surface area contributed by atoms with Crippen molar-refractivity contribution in [1.82, 2.24) is 14.5 Å². The molecule has 0 aliphatic carbocycles. The van der Waals surface area contributed by atoms with Crippen LogP contribution in [-0.4, -0.2) is 21.8 Å². The van der Waals surface area contributed by atoms with Crippen LogP contribution in [0.3, 0.4) is 0 Å². The van der Waals surface area contributed by atoms with Crippen LogP contribution < -0.4 is 31.4 Å². The second-order valence-electron chi connectivity index (χ2n) is 7.41. The minimum Gasteiger partial charge on any atom is -0.490 e. The highest BCUT2D eigenvalue weighted by Crippen LogP contribution is 2.35. The van der Waals surface area contributed by atoms with Crippen molar-refractivity contribution in [2.75, 3.05) is 11.9 Å². The molecule has 0 fully saturated rings. The monoisotopic (exact) mass is 436 g/mol. The first-order chi connectivity index (χ1) is 15.4. The summed E-state index contributed by atoms with van der Waals surface area (Å²) < 4.78 is 14.0. The summed E-state index contributed by atoms with van der Waals surface area (Å²) in [6.07, 6.45) is 0. The number of carbonyl (C=O) groups excluding carboxylic acids is 1. The Morgan fingerprint density at radius 2 is 1.69 bits per heavy atom. The molecule has 2 amide bonds. The molecule has 2 aromatic carbocycles. The van der Waals surface area contributed by atoms with Crippen LogP contribution in [0.1, 0.15) is 29.7 Å². The van der Waals surface area contributed by atoms with Gasteiger partial charge in [-0.3, -0.25) is 19.2 Å². The summed E-state index contributed by atoms with van der Waals surface area (Å²) in [4.78, 5) is 37.5. The van der Waals surface area contributed by atoms with Gasteiger partial charge in [0.2, 0.25) is 0 Å². The van der Waals surface area contributed by atoms with Crippen molar-refractivity contribution in [2.45, 2.75) is 19.6 Å². The first-order valence-corrected chi connectivity index (χ1v) is 10.2. The number of aromatic nitrogens is 2. The maximum absolute atomic E-state index is 12.9. The highest BCUT2D eigenvalue weighted by molar-refractivity contribution is 5.92. The average Bonchev–Trinajstić information content (AvgIpc) is 2.80. The molecule has 0 saturated heterocycles. The van der Waals surface area contributed by atoms with Crippen LogP contribution in [0.2, 0.25) is 0 Å². The van der Waals surface area contributed by atoms with E-state index in [0.717, 1.165) is 10.1 Å². The van der Waals surface area contributed by atoms with Gasteiger partial charge in [-0.15, -0.1) is 0 Å². The molecule has 1 aliphatic rings. The van der Waals surface area contributed by atoms with Crippen molar-refractivity contribution in [2.24, 2.45) is 14.1 Å². The minimum atomic E-state index is -0.758. The van der Waals surface area contributed by atoms with Crippen molar-refractivity contribution >= 4 is 11.8 Å². The third kappa shape index (κ3) is 3.84. The number of amides is 2. The highest BCUT2D eigenvalue weighted by Gasteiger charge is 2.32. The molecule has 0 saturated carbocycles. The van der Waals surface area contributed by atoms with E-state index in [2.05, 4.69) is 10.6 Å². The zero-order chi connectivity index (χ0) is 22.8. The van der Waals surface area contributed by atoms with Crippen LogP contribution in [0.5, 0.6) is 11.5 Å². The number of benzene rings is 2. The molecule has 0 radical (unpaired) electrons. The maximum atomic E-state index is 12.9. The molecule has 3 aromatic rings. The topological polar surface area (TPSA) is 104 Å². The number of hydrogen-bond acceptors (Lipinski definition) is 5. The number of fused-ring (bicyclic) bond motifs is 1. The molecule has 1 atom stereocenters. The maximum Gasteiger partial charge on any atom is 0.332 e. The molecule has 1 unspecified atom stereocenters. The van der Waals surface area contributed by atoms with Crippen LogP contribution in [0.25, 0.3) is 0 Å². The fourth-order valence-corrected chi connectivity index (χ4v) is 3.71. The number of carbonyl (C=O) groups is 1. The van der Waals surface area contributed by atoms with Crippen molar-refractivity contribution < 1.29 is 14.3 Å². The van der Waals surface area contributed by atoms with E-state index < -0.39 is 23.3 Å². The normalized spacial score (nSPS) is 14.8. The molecule has 9 nitrogen and oxygen atoms in total. The van der Waals surface area contributed by atoms with E-state index >= 15 is 0 Å². The summed E-state index contributed by atoms with van der Waals surface area (Å²) in [5.41, 5.74) is 0.919. The minimum absolute atomic E-state index is 0.175. The lowest BCUT2D eigenvalue weighted by atomic mass is 9.98. The van der Waals surface area contributed by atoms with Gasteiger partial charge in [0, 0.05) is 14.1 Å². The zero-order valence-corrected chi connectivity index (χ0v) is 18.0. The van der Waals surface area contributed by atoms with E-state index in [1.807, 2.05) is 37.3 Å². The number of anilines is 1. The lowest BCUT2D eigenvalue weighted by Gasteiger charge is -2.29. The molecule has 0 spiro atoms. The Kier molecular flexibility index (Phi) is 5.72. The fraction of sp³-hybridized carbons (Fsp3) is 0.261. The molecule has 32 heavy (non-hydrogen) atoms. The summed E-state index contributed by atoms with van der Waals surface area (Å²) in [5, 5.41) is 5.35. The van der Waals surface area contributed by atoms with Crippen molar-refractivity contribution in [3.05, 3.63) is 86.1 Å². The Morgan fingerprint density at radius 1 is 0.938 bits per heavy atom. The molecule has 9 heteroatoms. The van der Waals surface area contributed by atoms with E-state index in [9.17, 15) is 14.4 Å². The largest absolute Gasteiger partial charge is 0.490 e. The zero-order valence-electron chi connectivity index (χ0n) is 18.0. The van der Waals surface area contributed by atoms with E-state index in [4.69, 9.17) is 9.47 Å². The number of ether oxygens (including phenoxy) is 2. The Balaban J connectivity index is 1.74. The van der Waals surface area contributed by atoms with E-state index in [-0.39, 0.29) is 11.4 Å². The highest BCUT2D eigenvalue weighted by atomic mass is 16.5. The van der Waals surface area contributed by atoms with Crippen molar-refractivity contribution in [3.8, 4) is 11.5 Å². The predicted octanol–water partition coefficient (Wildman–Crippen LogP) is 2.29. The summed E-state index contributed by atoms with van der Waals surface area (Å²) >= 11 is 0. The standard InChI is InChI=1S/C23H24N4O5/c1-4-31-17-12-15(10-11-16(17)32-13-14-8-6-5-7-9-14)19-18-20(25-22(29)24-19)26(2)23(30)27(3)21(18)28/h5-12,19H,4,13H2,1-3H3,(H2,24,25,29). The van der Waals surface area contributed by atoms with Gasteiger partial charge in [-0.1, -0.05) is 36.4 Å². The van der Waals surface area contributed by atoms with Crippen LogP contribution in [0.15, 0.2) is 58.1 Å². The molecule has 2 N–H and O–H groups in total. The number of nitrogens with one attached hydrogen (secondary N) is 2. The summed E-state index contributed by atoms with van der Waals surface area (Å²) in [5.74, 6) is 1.22. The van der Waals surface area contributed by atoms with Gasteiger partial charge in [0.15, 0.2) is 11.5 Å². The van der Waals surface area contributed by atoms with Gasteiger partial charge >= 0.3 is 11.7 Å². The Hall–Kier alpha value is -4.01. The average molecular weight is 436 g/mol. The van der Waals surface area contributed by atoms with E-state index in [1.54, 1.807) is 18.2 Å². The Bertz CT molecular complexity index is 1280. The second-order valence-corrected chi connectivity index (χ2v) is 7.41. The number of urea groups is 1. The summed E-state index contributed by atoms with van der Waals surface area (Å²) in [7, 11) is 2.92. The fourth-order valence-electron chi connectivity index (χ4n) is 3.71. The van der Waals surface area contributed by atoms with Gasteiger partial charge in [-0.25, -0.2) is 9.59 Å². The molecule has 4 rings (SSSR count). The first-order valence-electron chi connectivity index (χ1n) is 10.2. The predicted molar refractivity (Wildman–Crippen MR) is 119 cm³/mol. The third-order valence-electron chi connectivity index (χ3n) is 5.33. The second kappa shape index (κ2) is 8.62. The smallest absolute Gasteiger partial charge is 0.332 e. The number of nitrogens with zero attached hydrogens (tertiary/aromatic N) is 2. The molecular weight excluding hydrogens is 412 g/mol. The number of rotatable bonds is 6. The van der Waals surface area contributed by atoms with Crippen LogP contribution >= 0.6 is 0 Å². The molecule has 0 bridgehead atoms. The third-order valence-corrected chi connectivity index (χ3v) is 5.33. The molecule has 1 aliphatic heterocycles. The van der Waals surface area contributed by atoms with Gasteiger partial charge in [0.1, 0.15) is 12.4 Å². The van der Waals surface area contributed by atoms with Gasteiger partial charge in [-0.05, 0) is 30.2 Å². The van der Waals surface area contributed by atoms with Gasteiger partial charge < -0.3 is 14.8 Å². The lowest BCUT2D eigenvalue weighted by molar-refractivity contribution is 0.248. The summed E-state index contributed by atoms with van der Waals surface area (Å²) in [6, 6.07) is 13.8. The van der Waals surface area contributed by atoms with Gasteiger partial charge in [0.05, 0.1) is 18.2 Å². The molecule has 166 valence electrons. The summed E-state index contributed by atoms with van der Waals surface area (Å²) in [6.45, 7) is 2.65. The number of hydrogen-bond donors (Lipinski definition) is 2. The van der Waals surface area contributed by atoms with Crippen molar-refractivity contribution in [3.63, 3.8) is 0 Å². The quantitative estimate of drug-likeness (QED) is 0.617.